The van der Waals surface area contributed by atoms with Crippen LogP contribution in [0.4, 0.5) is 0 Å². The SMILES string of the molecule is CSCCOc1c(C)cc(CNC(C)(C)C)cc1C. The third-order valence-corrected chi connectivity index (χ3v) is 3.45. The zero-order chi connectivity index (χ0) is 14.5. The van der Waals surface area contributed by atoms with Gasteiger partial charge in [0.05, 0.1) is 6.61 Å². The summed E-state index contributed by atoms with van der Waals surface area (Å²) < 4.78 is 5.87. The second-order valence-corrected chi connectivity index (χ2v) is 6.99. The molecule has 1 N–H and O–H groups in total. The Kier molecular flexibility index (Phi) is 6.21. The third kappa shape index (κ3) is 5.87. The summed E-state index contributed by atoms with van der Waals surface area (Å²) in [6, 6.07) is 4.44. The van der Waals surface area contributed by atoms with E-state index in [-0.39, 0.29) is 5.54 Å². The van der Waals surface area contributed by atoms with Crippen molar-refractivity contribution in [3.63, 3.8) is 0 Å². The fourth-order valence-corrected chi connectivity index (χ4v) is 2.21. The van der Waals surface area contributed by atoms with Gasteiger partial charge in [-0.05, 0) is 57.6 Å². The van der Waals surface area contributed by atoms with Gasteiger partial charge in [-0.3, -0.25) is 0 Å². The number of aryl methyl sites for hydroxylation is 2. The number of ether oxygens (including phenoxy) is 1. The molecule has 0 atom stereocenters. The predicted octanol–water partition coefficient (Wildman–Crippen LogP) is 3.93. The van der Waals surface area contributed by atoms with Crippen LogP contribution >= 0.6 is 11.8 Å². The van der Waals surface area contributed by atoms with Crippen LogP contribution in [0.1, 0.15) is 37.5 Å². The van der Waals surface area contributed by atoms with Gasteiger partial charge in [0.25, 0.3) is 0 Å². The Morgan fingerprint density at radius 1 is 1.16 bits per heavy atom. The summed E-state index contributed by atoms with van der Waals surface area (Å²) in [6.07, 6.45) is 2.10. The van der Waals surface area contributed by atoms with Crippen LogP contribution in [0.15, 0.2) is 12.1 Å². The number of rotatable bonds is 6. The van der Waals surface area contributed by atoms with Gasteiger partial charge in [0.1, 0.15) is 5.75 Å². The molecule has 0 aliphatic carbocycles. The highest BCUT2D eigenvalue weighted by Gasteiger charge is 2.10. The maximum atomic E-state index is 5.87. The lowest BCUT2D eigenvalue weighted by atomic mass is 10.0. The molecule has 0 saturated carbocycles. The molecule has 19 heavy (non-hydrogen) atoms. The summed E-state index contributed by atoms with van der Waals surface area (Å²) in [5.74, 6) is 2.08. The molecule has 0 radical (unpaired) electrons. The van der Waals surface area contributed by atoms with Gasteiger partial charge >= 0.3 is 0 Å². The molecule has 0 heterocycles. The molecule has 2 nitrogen and oxygen atoms in total. The quantitative estimate of drug-likeness (QED) is 0.798. The zero-order valence-corrected chi connectivity index (χ0v) is 13.9. The molecule has 0 amide bonds. The average molecular weight is 281 g/mol. The lowest BCUT2D eigenvalue weighted by Gasteiger charge is -2.21. The molecule has 0 bridgehead atoms. The van der Waals surface area contributed by atoms with Crippen molar-refractivity contribution < 1.29 is 4.74 Å². The highest BCUT2D eigenvalue weighted by molar-refractivity contribution is 7.98. The Labute approximate surface area is 122 Å². The maximum Gasteiger partial charge on any atom is 0.125 e. The standard InChI is InChI=1S/C16H27NOS/c1-12-9-14(11-17-16(3,4)5)10-13(2)15(12)18-7-8-19-6/h9-10,17H,7-8,11H2,1-6H3. The molecule has 0 aliphatic heterocycles. The van der Waals surface area contributed by atoms with E-state index in [1.807, 2.05) is 11.8 Å². The van der Waals surface area contributed by atoms with E-state index in [1.54, 1.807) is 0 Å². The second kappa shape index (κ2) is 7.20. The van der Waals surface area contributed by atoms with Crippen LogP contribution in [-0.2, 0) is 6.54 Å². The number of nitrogens with one attached hydrogen (secondary N) is 1. The fraction of sp³-hybridized carbons (Fsp3) is 0.625. The van der Waals surface area contributed by atoms with Crippen molar-refractivity contribution in [2.75, 3.05) is 18.6 Å². The van der Waals surface area contributed by atoms with Crippen molar-refractivity contribution in [1.29, 1.82) is 0 Å². The van der Waals surface area contributed by atoms with Crippen LogP contribution in [0.2, 0.25) is 0 Å². The lowest BCUT2D eigenvalue weighted by molar-refractivity contribution is 0.339. The molecule has 1 aromatic rings. The van der Waals surface area contributed by atoms with Gasteiger partial charge in [0, 0.05) is 17.8 Å². The van der Waals surface area contributed by atoms with Gasteiger partial charge in [-0.1, -0.05) is 12.1 Å². The maximum absolute atomic E-state index is 5.87. The summed E-state index contributed by atoms with van der Waals surface area (Å²) in [7, 11) is 0. The monoisotopic (exact) mass is 281 g/mol. The van der Waals surface area contributed by atoms with Crippen molar-refractivity contribution in [2.45, 2.75) is 46.7 Å². The minimum Gasteiger partial charge on any atom is -0.492 e. The summed E-state index contributed by atoms with van der Waals surface area (Å²) >= 11 is 1.81. The van der Waals surface area contributed by atoms with Gasteiger partial charge in [-0.2, -0.15) is 11.8 Å². The van der Waals surface area contributed by atoms with Gasteiger partial charge in [0.2, 0.25) is 0 Å². The molecular formula is C16H27NOS. The Balaban J connectivity index is 2.73. The predicted molar refractivity (Wildman–Crippen MR) is 86.4 cm³/mol. The van der Waals surface area contributed by atoms with E-state index in [1.165, 1.54) is 16.7 Å². The Bertz CT molecular complexity index is 387. The molecule has 0 aliphatic rings. The first-order valence-corrected chi connectivity index (χ1v) is 8.20. The Morgan fingerprint density at radius 3 is 2.21 bits per heavy atom. The summed E-state index contributed by atoms with van der Waals surface area (Å²) in [4.78, 5) is 0. The van der Waals surface area contributed by atoms with Crippen molar-refractivity contribution in [1.82, 2.24) is 5.32 Å². The molecule has 1 rings (SSSR count). The summed E-state index contributed by atoms with van der Waals surface area (Å²) in [5, 5.41) is 3.52. The van der Waals surface area contributed by atoms with Crippen LogP contribution in [0.3, 0.4) is 0 Å². The Hall–Kier alpha value is -0.670. The van der Waals surface area contributed by atoms with Gasteiger partial charge in [0.15, 0.2) is 0 Å². The van der Waals surface area contributed by atoms with Crippen molar-refractivity contribution in [3.8, 4) is 5.75 Å². The van der Waals surface area contributed by atoms with Crippen LogP contribution in [0.25, 0.3) is 0 Å². The van der Waals surface area contributed by atoms with Gasteiger partial charge in [-0.15, -0.1) is 0 Å². The molecule has 1 aromatic carbocycles. The molecule has 3 heteroatoms. The van der Waals surface area contributed by atoms with Crippen LogP contribution < -0.4 is 10.1 Å². The first-order chi connectivity index (χ1) is 8.83. The molecule has 0 spiro atoms. The number of thioether (sulfide) groups is 1. The minimum atomic E-state index is 0.148. The first kappa shape index (κ1) is 16.4. The summed E-state index contributed by atoms with van der Waals surface area (Å²) in [5.41, 5.74) is 3.93. The molecule has 0 aromatic heterocycles. The lowest BCUT2D eigenvalue weighted by Crippen LogP contribution is -2.35. The number of benzene rings is 1. The van der Waals surface area contributed by atoms with E-state index < -0.39 is 0 Å². The van der Waals surface area contributed by atoms with Crippen LogP contribution in [0, 0.1) is 13.8 Å². The molecule has 0 saturated heterocycles. The normalized spacial score (nSPS) is 11.7. The van der Waals surface area contributed by atoms with Gasteiger partial charge < -0.3 is 10.1 Å². The van der Waals surface area contributed by atoms with Crippen molar-refractivity contribution in [2.24, 2.45) is 0 Å². The Morgan fingerprint density at radius 2 is 1.74 bits per heavy atom. The van der Waals surface area contributed by atoms with Crippen LogP contribution in [0.5, 0.6) is 5.75 Å². The van der Waals surface area contributed by atoms with E-state index in [2.05, 4.69) is 58.3 Å². The van der Waals surface area contributed by atoms with E-state index in [0.717, 1.165) is 24.7 Å². The largest absolute Gasteiger partial charge is 0.492 e. The smallest absolute Gasteiger partial charge is 0.125 e. The fourth-order valence-electron chi connectivity index (χ4n) is 1.96. The van der Waals surface area contributed by atoms with Crippen molar-refractivity contribution >= 4 is 11.8 Å². The average Bonchev–Trinajstić information content (AvgIpc) is 2.29. The minimum absolute atomic E-state index is 0.148. The zero-order valence-electron chi connectivity index (χ0n) is 13.1. The second-order valence-electron chi connectivity index (χ2n) is 6.00. The van der Waals surface area contributed by atoms with Gasteiger partial charge in [-0.25, -0.2) is 0 Å². The third-order valence-electron chi connectivity index (χ3n) is 2.88. The highest BCUT2D eigenvalue weighted by Crippen LogP contribution is 2.25. The highest BCUT2D eigenvalue weighted by atomic mass is 32.2. The van der Waals surface area contributed by atoms with E-state index in [0.29, 0.717) is 0 Å². The molecular weight excluding hydrogens is 254 g/mol. The number of hydrogen-bond acceptors (Lipinski definition) is 3. The van der Waals surface area contributed by atoms with E-state index in [9.17, 15) is 0 Å². The molecule has 0 fully saturated rings. The summed E-state index contributed by atoms with van der Waals surface area (Å²) in [6.45, 7) is 12.5. The van der Waals surface area contributed by atoms with E-state index in [4.69, 9.17) is 4.74 Å². The number of hydrogen-bond donors (Lipinski definition) is 1. The van der Waals surface area contributed by atoms with Crippen molar-refractivity contribution in [3.05, 3.63) is 28.8 Å². The molecule has 108 valence electrons. The molecule has 0 unspecified atom stereocenters. The topological polar surface area (TPSA) is 21.3 Å². The van der Waals surface area contributed by atoms with E-state index >= 15 is 0 Å². The first-order valence-electron chi connectivity index (χ1n) is 6.80. The van der Waals surface area contributed by atoms with Crippen LogP contribution in [-0.4, -0.2) is 24.2 Å².